The van der Waals surface area contributed by atoms with E-state index in [0.717, 1.165) is 22.5 Å². The molecule has 3 aromatic rings. The Balaban J connectivity index is 1.74. The van der Waals surface area contributed by atoms with Crippen molar-refractivity contribution < 1.29 is 18.7 Å². The van der Waals surface area contributed by atoms with Crippen LogP contribution < -0.4 is 0 Å². The number of para-hydroxylation sites is 1. The molecule has 3 nitrogen and oxygen atoms in total. The number of aryl methyl sites for hydroxylation is 1. The Labute approximate surface area is 137 Å². The predicted octanol–water partition coefficient (Wildman–Crippen LogP) is 4.64. The summed E-state index contributed by atoms with van der Waals surface area (Å²) in [5.74, 6) is -2.77. The first-order valence-electron chi connectivity index (χ1n) is 7.79. The summed E-state index contributed by atoms with van der Waals surface area (Å²) in [6, 6.07) is 11.0. The van der Waals surface area contributed by atoms with E-state index in [1.165, 1.54) is 12.1 Å². The van der Waals surface area contributed by atoms with E-state index in [2.05, 4.69) is 4.98 Å². The molecule has 0 aliphatic carbocycles. The summed E-state index contributed by atoms with van der Waals surface area (Å²) >= 11 is 0. The summed E-state index contributed by atoms with van der Waals surface area (Å²) in [5.41, 5.74) is 2.03. The monoisotopic (exact) mass is 329 g/mol. The van der Waals surface area contributed by atoms with E-state index in [1.54, 1.807) is 6.20 Å². The minimum absolute atomic E-state index is 0.373. The van der Waals surface area contributed by atoms with Crippen LogP contribution in [-0.2, 0) is 11.2 Å². The van der Waals surface area contributed by atoms with Crippen LogP contribution in [0.1, 0.15) is 29.9 Å². The highest BCUT2D eigenvalue weighted by Gasteiger charge is 2.22. The number of nitrogens with one attached hydrogen (secondary N) is 1. The van der Waals surface area contributed by atoms with Gasteiger partial charge in [-0.2, -0.15) is 0 Å². The van der Waals surface area contributed by atoms with Gasteiger partial charge in [0.2, 0.25) is 0 Å². The molecule has 0 saturated heterocycles. The molecule has 0 amide bonds. The van der Waals surface area contributed by atoms with Gasteiger partial charge in [0.25, 0.3) is 0 Å². The second-order valence-corrected chi connectivity index (χ2v) is 5.81. The molecule has 5 heteroatoms. The maximum atomic E-state index is 13.7. The minimum Gasteiger partial charge on any atom is -0.481 e. The normalized spacial score (nSPS) is 12.4. The highest BCUT2D eigenvalue weighted by Crippen LogP contribution is 2.29. The smallest absolute Gasteiger partial charge is 0.311 e. The van der Waals surface area contributed by atoms with Gasteiger partial charge in [0, 0.05) is 23.2 Å². The molecule has 0 spiro atoms. The van der Waals surface area contributed by atoms with Gasteiger partial charge >= 0.3 is 5.97 Å². The standard InChI is InChI=1S/C19H17F2NO2/c20-13-9-8-12(17(21)10-13)4-3-6-15(19(23)24)16-11-22-18-7-2-1-5-14(16)18/h1-2,5,7-11,15,22H,3-4,6H2,(H,23,24). The fraction of sp³-hybridized carbons (Fsp3) is 0.211. The SMILES string of the molecule is O=C(O)C(CCCc1ccc(F)cc1F)c1c[nH]c2ccccc12. The summed E-state index contributed by atoms with van der Waals surface area (Å²) in [6.45, 7) is 0. The average molecular weight is 329 g/mol. The molecule has 0 fully saturated rings. The van der Waals surface area contributed by atoms with Crippen molar-refractivity contribution in [1.29, 1.82) is 0 Å². The van der Waals surface area contributed by atoms with Gasteiger partial charge in [0.05, 0.1) is 5.92 Å². The summed E-state index contributed by atoms with van der Waals surface area (Å²) in [4.78, 5) is 14.7. The Hall–Kier alpha value is -2.69. The zero-order valence-corrected chi connectivity index (χ0v) is 12.9. The second kappa shape index (κ2) is 6.83. The third-order valence-corrected chi connectivity index (χ3v) is 4.25. The molecule has 0 saturated carbocycles. The zero-order chi connectivity index (χ0) is 17.1. The van der Waals surface area contributed by atoms with Crippen LogP contribution in [0.25, 0.3) is 10.9 Å². The molecule has 0 radical (unpaired) electrons. The number of fused-ring (bicyclic) bond motifs is 1. The van der Waals surface area contributed by atoms with Crippen LogP contribution in [0.5, 0.6) is 0 Å². The lowest BCUT2D eigenvalue weighted by Gasteiger charge is -2.12. The highest BCUT2D eigenvalue weighted by molar-refractivity contribution is 5.89. The van der Waals surface area contributed by atoms with E-state index in [4.69, 9.17) is 0 Å². The number of aliphatic carboxylic acids is 1. The Bertz CT molecular complexity index is 873. The Morgan fingerprint density at radius 1 is 1.17 bits per heavy atom. The molecule has 1 unspecified atom stereocenters. The number of H-pyrrole nitrogens is 1. The fourth-order valence-corrected chi connectivity index (χ4v) is 3.02. The van der Waals surface area contributed by atoms with Crippen LogP contribution in [0, 0.1) is 11.6 Å². The van der Waals surface area contributed by atoms with Crippen molar-refractivity contribution in [2.24, 2.45) is 0 Å². The van der Waals surface area contributed by atoms with Crippen LogP contribution >= 0.6 is 0 Å². The summed E-state index contributed by atoms with van der Waals surface area (Å²) in [7, 11) is 0. The first-order valence-corrected chi connectivity index (χ1v) is 7.79. The van der Waals surface area contributed by atoms with Crippen LogP contribution in [0.4, 0.5) is 8.78 Å². The van der Waals surface area contributed by atoms with Crippen LogP contribution in [0.2, 0.25) is 0 Å². The fourth-order valence-electron chi connectivity index (χ4n) is 3.02. The Morgan fingerprint density at radius 3 is 2.71 bits per heavy atom. The summed E-state index contributed by atoms with van der Waals surface area (Å²) < 4.78 is 26.6. The predicted molar refractivity (Wildman–Crippen MR) is 88.0 cm³/mol. The van der Waals surface area contributed by atoms with E-state index in [1.807, 2.05) is 24.3 Å². The zero-order valence-electron chi connectivity index (χ0n) is 12.9. The Kier molecular flexibility index (Phi) is 4.60. The molecule has 0 aliphatic rings. The lowest BCUT2D eigenvalue weighted by Crippen LogP contribution is -2.11. The number of aromatic amines is 1. The second-order valence-electron chi connectivity index (χ2n) is 5.81. The maximum absolute atomic E-state index is 13.7. The number of aromatic nitrogens is 1. The average Bonchev–Trinajstić information content (AvgIpc) is 2.97. The molecule has 3 rings (SSSR count). The van der Waals surface area contributed by atoms with Crippen molar-refractivity contribution in [3.05, 3.63) is 71.4 Å². The van der Waals surface area contributed by atoms with E-state index in [-0.39, 0.29) is 0 Å². The Morgan fingerprint density at radius 2 is 1.96 bits per heavy atom. The summed E-state index contributed by atoms with van der Waals surface area (Å²) in [5, 5.41) is 10.4. The first-order chi connectivity index (χ1) is 11.6. The van der Waals surface area contributed by atoms with Crippen molar-refractivity contribution in [3.63, 3.8) is 0 Å². The van der Waals surface area contributed by atoms with E-state index in [0.29, 0.717) is 24.8 Å². The lowest BCUT2D eigenvalue weighted by atomic mass is 9.92. The highest BCUT2D eigenvalue weighted by atomic mass is 19.1. The van der Waals surface area contributed by atoms with E-state index < -0.39 is 23.5 Å². The number of carboxylic acid groups (broad SMARTS) is 1. The van der Waals surface area contributed by atoms with Crippen molar-refractivity contribution >= 4 is 16.9 Å². The van der Waals surface area contributed by atoms with Gasteiger partial charge in [-0.3, -0.25) is 4.79 Å². The third kappa shape index (κ3) is 3.30. The number of halogens is 2. The van der Waals surface area contributed by atoms with Gasteiger partial charge < -0.3 is 10.1 Å². The molecule has 0 aliphatic heterocycles. The van der Waals surface area contributed by atoms with Gasteiger partial charge in [0.1, 0.15) is 11.6 Å². The van der Waals surface area contributed by atoms with Crippen molar-refractivity contribution in [3.8, 4) is 0 Å². The number of hydrogen-bond donors (Lipinski definition) is 2. The van der Waals surface area contributed by atoms with Crippen LogP contribution in [-0.4, -0.2) is 16.1 Å². The van der Waals surface area contributed by atoms with Gasteiger partial charge in [0.15, 0.2) is 0 Å². The molecule has 1 atom stereocenters. The van der Waals surface area contributed by atoms with E-state index in [9.17, 15) is 18.7 Å². The summed E-state index contributed by atoms with van der Waals surface area (Å²) in [6.07, 6.45) is 2.98. The topological polar surface area (TPSA) is 53.1 Å². The van der Waals surface area contributed by atoms with Gasteiger partial charge in [-0.1, -0.05) is 24.3 Å². The van der Waals surface area contributed by atoms with Crippen LogP contribution in [0.15, 0.2) is 48.7 Å². The molecule has 24 heavy (non-hydrogen) atoms. The molecule has 0 bridgehead atoms. The number of benzene rings is 2. The molecule has 124 valence electrons. The third-order valence-electron chi connectivity index (χ3n) is 4.25. The molecular weight excluding hydrogens is 312 g/mol. The number of carbonyl (C=O) groups is 1. The molecule has 2 aromatic carbocycles. The van der Waals surface area contributed by atoms with Gasteiger partial charge in [-0.15, -0.1) is 0 Å². The molecular formula is C19H17F2NO2. The number of hydrogen-bond acceptors (Lipinski definition) is 1. The number of rotatable bonds is 6. The lowest BCUT2D eigenvalue weighted by molar-refractivity contribution is -0.139. The first kappa shape index (κ1) is 16.2. The number of carboxylic acids is 1. The van der Waals surface area contributed by atoms with Crippen molar-refractivity contribution in [2.45, 2.75) is 25.2 Å². The molecule has 1 aromatic heterocycles. The molecule has 2 N–H and O–H groups in total. The van der Waals surface area contributed by atoms with Crippen molar-refractivity contribution in [1.82, 2.24) is 4.98 Å². The maximum Gasteiger partial charge on any atom is 0.311 e. The minimum atomic E-state index is -0.903. The van der Waals surface area contributed by atoms with Gasteiger partial charge in [-0.05, 0) is 42.5 Å². The van der Waals surface area contributed by atoms with Gasteiger partial charge in [-0.25, -0.2) is 8.78 Å². The largest absolute Gasteiger partial charge is 0.481 e. The quantitative estimate of drug-likeness (QED) is 0.692. The van der Waals surface area contributed by atoms with Crippen molar-refractivity contribution in [2.75, 3.05) is 0 Å². The molecule has 1 heterocycles. The van der Waals surface area contributed by atoms with Crippen LogP contribution in [0.3, 0.4) is 0 Å². The van der Waals surface area contributed by atoms with E-state index >= 15 is 0 Å².